The summed E-state index contributed by atoms with van der Waals surface area (Å²) < 4.78 is 0. The van der Waals surface area contributed by atoms with Crippen molar-refractivity contribution >= 4 is 29.3 Å². The largest absolute Gasteiger partial charge is 0.388 e. The second kappa shape index (κ2) is 6.60. The highest BCUT2D eigenvalue weighted by atomic mass is 16.2. The van der Waals surface area contributed by atoms with Crippen LogP contribution in [0.3, 0.4) is 0 Å². The highest BCUT2D eigenvalue weighted by Crippen LogP contribution is 2.29. The number of nitrogens with one attached hydrogen (secondary N) is 2. The van der Waals surface area contributed by atoms with Gasteiger partial charge >= 0.3 is 0 Å². The number of carbonyl (C=O) groups excluding carboxylic acids is 4. The van der Waals surface area contributed by atoms with Crippen molar-refractivity contribution in [2.24, 2.45) is 0 Å². The van der Waals surface area contributed by atoms with E-state index in [-0.39, 0.29) is 29.9 Å². The molecule has 1 aromatic rings. The van der Waals surface area contributed by atoms with E-state index in [9.17, 15) is 19.2 Å². The van der Waals surface area contributed by atoms with Gasteiger partial charge in [-0.25, -0.2) is 0 Å². The SMILES string of the molecule is CC.CNc1ccc2c(c1)C(=O)N(C1CCC(=O)NC1=O)C2=O. The minimum Gasteiger partial charge on any atom is -0.388 e. The fourth-order valence-electron chi connectivity index (χ4n) is 2.63. The first-order chi connectivity index (χ1) is 11.0. The zero-order valence-electron chi connectivity index (χ0n) is 13.3. The third-order valence-electron chi connectivity index (χ3n) is 3.73. The van der Waals surface area contributed by atoms with Crippen molar-refractivity contribution < 1.29 is 19.2 Å². The van der Waals surface area contributed by atoms with Gasteiger partial charge in [-0.15, -0.1) is 0 Å². The van der Waals surface area contributed by atoms with E-state index in [1.165, 1.54) is 0 Å². The Morgan fingerprint density at radius 2 is 1.74 bits per heavy atom. The summed E-state index contributed by atoms with van der Waals surface area (Å²) in [5, 5.41) is 5.06. The maximum Gasteiger partial charge on any atom is 0.262 e. The van der Waals surface area contributed by atoms with Gasteiger partial charge in [-0.3, -0.25) is 29.4 Å². The van der Waals surface area contributed by atoms with E-state index in [1.807, 2.05) is 13.8 Å². The summed E-state index contributed by atoms with van der Waals surface area (Å²) in [6, 6.07) is 3.92. The van der Waals surface area contributed by atoms with Crippen LogP contribution in [0.25, 0.3) is 0 Å². The highest BCUT2D eigenvalue weighted by molar-refractivity contribution is 6.23. The van der Waals surface area contributed by atoms with Crippen molar-refractivity contribution in [2.45, 2.75) is 32.7 Å². The molecule has 0 spiro atoms. The van der Waals surface area contributed by atoms with Crippen LogP contribution >= 0.6 is 0 Å². The number of hydrogen-bond donors (Lipinski definition) is 2. The van der Waals surface area contributed by atoms with Crippen LogP contribution < -0.4 is 10.6 Å². The standard InChI is InChI=1S/C14H13N3O4.C2H6/c1-15-7-2-3-8-9(6-7)14(21)17(13(8)20)10-4-5-11(18)16-12(10)19;1-2/h2-3,6,10,15H,4-5H2,1H3,(H,16,18,19);1-2H3. The Labute approximate surface area is 134 Å². The third-order valence-corrected chi connectivity index (χ3v) is 3.73. The quantitative estimate of drug-likeness (QED) is 0.798. The van der Waals surface area contributed by atoms with E-state index >= 15 is 0 Å². The van der Waals surface area contributed by atoms with Gasteiger partial charge in [0.1, 0.15) is 6.04 Å². The number of carbonyl (C=O) groups is 4. The lowest BCUT2D eigenvalue weighted by atomic mass is 10.0. The fourth-order valence-corrected chi connectivity index (χ4v) is 2.63. The first-order valence-electron chi connectivity index (χ1n) is 7.56. The Kier molecular flexibility index (Phi) is 4.78. The first-order valence-corrected chi connectivity index (χ1v) is 7.56. The summed E-state index contributed by atoms with van der Waals surface area (Å²) in [5.74, 6) is -1.98. The molecule has 2 aliphatic rings. The molecule has 4 amide bonds. The van der Waals surface area contributed by atoms with Gasteiger partial charge in [-0.1, -0.05) is 13.8 Å². The highest BCUT2D eigenvalue weighted by Gasteiger charge is 2.44. The van der Waals surface area contributed by atoms with Crippen molar-refractivity contribution in [3.05, 3.63) is 29.3 Å². The number of imide groups is 2. The van der Waals surface area contributed by atoms with E-state index in [1.54, 1.807) is 25.2 Å². The number of hydrogen-bond acceptors (Lipinski definition) is 5. The number of nitrogens with zero attached hydrogens (tertiary/aromatic N) is 1. The molecule has 7 heteroatoms. The second-order valence-electron chi connectivity index (χ2n) is 4.96. The summed E-state index contributed by atoms with van der Waals surface area (Å²) in [6.07, 6.45) is 0.278. The van der Waals surface area contributed by atoms with E-state index in [4.69, 9.17) is 0 Å². The molecule has 0 aliphatic carbocycles. The average Bonchev–Trinajstić information content (AvgIpc) is 2.81. The van der Waals surface area contributed by atoms with Crippen LogP contribution in [0, 0.1) is 0 Å². The normalized spacial score (nSPS) is 19.8. The third kappa shape index (κ3) is 2.81. The summed E-state index contributed by atoms with van der Waals surface area (Å²) >= 11 is 0. The lowest BCUT2D eigenvalue weighted by molar-refractivity contribution is -0.136. The number of fused-ring (bicyclic) bond motifs is 1. The predicted octanol–water partition coefficient (Wildman–Crippen LogP) is 1.16. The van der Waals surface area contributed by atoms with E-state index in [0.717, 1.165) is 4.90 Å². The Bertz CT molecular complexity index is 684. The molecule has 1 aromatic carbocycles. The predicted molar refractivity (Wildman–Crippen MR) is 84.0 cm³/mol. The van der Waals surface area contributed by atoms with Gasteiger partial charge in [-0.05, 0) is 24.6 Å². The molecule has 0 aromatic heterocycles. The average molecular weight is 317 g/mol. The molecule has 0 saturated carbocycles. The molecule has 1 saturated heterocycles. The molecule has 122 valence electrons. The van der Waals surface area contributed by atoms with Gasteiger partial charge in [0, 0.05) is 19.2 Å². The van der Waals surface area contributed by atoms with E-state index in [2.05, 4.69) is 10.6 Å². The van der Waals surface area contributed by atoms with Gasteiger partial charge in [0.2, 0.25) is 11.8 Å². The second-order valence-corrected chi connectivity index (χ2v) is 4.96. The van der Waals surface area contributed by atoms with Crippen molar-refractivity contribution in [1.82, 2.24) is 10.2 Å². The summed E-state index contributed by atoms with van der Waals surface area (Å²) in [6.45, 7) is 4.00. The van der Waals surface area contributed by atoms with Crippen molar-refractivity contribution in [3.63, 3.8) is 0 Å². The van der Waals surface area contributed by atoms with Crippen molar-refractivity contribution in [1.29, 1.82) is 0 Å². The maximum atomic E-state index is 12.4. The molecule has 2 heterocycles. The molecule has 0 radical (unpaired) electrons. The number of amides is 4. The molecule has 2 N–H and O–H groups in total. The molecule has 23 heavy (non-hydrogen) atoms. The van der Waals surface area contributed by atoms with Crippen LogP contribution in [0.5, 0.6) is 0 Å². The van der Waals surface area contributed by atoms with Crippen LogP contribution in [0.15, 0.2) is 18.2 Å². The van der Waals surface area contributed by atoms with Gasteiger partial charge in [-0.2, -0.15) is 0 Å². The fraction of sp³-hybridized carbons (Fsp3) is 0.375. The lowest BCUT2D eigenvalue weighted by Gasteiger charge is -2.27. The summed E-state index contributed by atoms with van der Waals surface area (Å²) in [5.41, 5.74) is 1.26. The maximum absolute atomic E-state index is 12.4. The van der Waals surface area contributed by atoms with Gasteiger partial charge < -0.3 is 5.32 Å². The zero-order valence-corrected chi connectivity index (χ0v) is 13.3. The molecule has 1 fully saturated rings. The van der Waals surface area contributed by atoms with Gasteiger partial charge in [0.25, 0.3) is 11.8 Å². The molecule has 0 bridgehead atoms. The van der Waals surface area contributed by atoms with E-state index in [0.29, 0.717) is 5.69 Å². The monoisotopic (exact) mass is 317 g/mol. The number of rotatable bonds is 2. The van der Waals surface area contributed by atoms with Crippen molar-refractivity contribution in [2.75, 3.05) is 12.4 Å². The molecular weight excluding hydrogens is 298 g/mol. The number of benzene rings is 1. The topological polar surface area (TPSA) is 95.6 Å². The first kappa shape index (κ1) is 16.7. The van der Waals surface area contributed by atoms with Crippen molar-refractivity contribution in [3.8, 4) is 0 Å². The Morgan fingerprint density at radius 3 is 2.35 bits per heavy atom. The minimum atomic E-state index is -0.923. The van der Waals surface area contributed by atoms with Crippen LogP contribution in [0.1, 0.15) is 47.4 Å². The Balaban J connectivity index is 0.000000924. The lowest BCUT2D eigenvalue weighted by Crippen LogP contribution is -2.54. The van der Waals surface area contributed by atoms with E-state index < -0.39 is 23.8 Å². The number of anilines is 1. The van der Waals surface area contributed by atoms with Crippen LogP contribution in [0.4, 0.5) is 5.69 Å². The zero-order chi connectivity index (χ0) is 17.1. The molecule has 7 nitrogen and oxygen atoms in total. The van der Waals surface area contributed by atoms with Crippen LogP contribution in [-0.4, -0.2) is 41.6 Å². The molecule has 1 atom stereocenters. The van der Waals surface area contributed by atoms with Crippen LogP contribution in [-0.2, 0) is 9.59 Å². The Morgan fingerprint density at radius 1 is 1.09 bits per heavy atom. The molecular formula is C16H19N3O4. The van der Waals surface area contributed by atoms with Gasteiger partial charge in [0.05, 0.1) is 11.1 Å². The molecule has 3 rings (SSSR count). The molecule has 2 aliphatic heterocycles. The summed E-state index contributed by atoms with van der Waals surface area (Å²) in [4.78, 5) is 48.8. The minimum absolute atomic E-state index is 0.117. The van der Waals surface area contributed by atoms with Crippen LogP contribution in [0.2, 0.25) is 0 Å². The summed E-state index contributed by atoms with van der Waals surface area (Å²) in [7, 11) is 1.71. The molecule has 1 unspecified atom stereocenters. The Hall–Kier alpha value is -2.70. The number of piperidine rings is 1. The smallest absolute Gasteiger partial charge is 0.262 e. The van der Waals surface area contributed by atoms with Gasteiger partial charge in [0.15, 0.2) is 0 Å².